The van der Waals surface area contributed by atoms with E-state index in [9.17, 15) is 18.3 Å². The van der Waals surface area contributed by atoms with Gasteiger partial charge in [-0.2, -0.15) is 5.10 Å². The zero-order valence-corrected chi connectivity index (χ0v) is 16.6. The lowest BCUT2D eigenvalue weighted by Gasteiger charge is -2.14. The molecule has 1 aromatic heterocycles. The summed E-state index contributed by atoms with van der Waals surface area (Å²) in [5, 5.41) is 14.9. The second-order valence-corrected chi connectivity index (χ2v) is 7.52. The molecule has 11 heteroatoms. The molecule has 0 saturated heterocycles. The van der Waals surface area contributed by atoms with Crippen molar-refractivity contribution in [2.24, 2.45) is 0 Å². The van der Waals surface area contributed by atoms with Gasteiger partial charge in [-0.05, 0) is 38.5 Å². The molecule has 0 aliphatic heterocycles. The van der Waals surface area contributed by atoms with E-state index in [2.05, 4.69) is 14.9 Å². The van der Waals surface area contributed by atoms with Crippen molar-refractivity contribution in [2.75, 3.05) is 13.2 Å². The highest BCUT2D eigenvalue weighted by molar-refractivity contribution is 7.89. The van der Waals surface area contributed by atoms with Crippen LogP contribution in [0, 0.1) is 6.92 Å². The Labute approximate surface area is 161 Å². The van der Waals surface area contributed by atoms with Gasteiger partial charge in [-0.3, -0.25) is 5.10 Å². The van der Waals surface area contributed by atoms with Gasteiger partial charge in [0.05, 0.1) is 18.2 Å². The minimum absolute atomic E-state index is 0.139. The van der Waals surface area contributed by atoms with Gasteiger partial charge in [0.25, 0.3) is 10.0 Å². The molecule has 27 heavy (non-hydrogen) atoms. The standard InChI is InChI=1S/C16H20ClN3O6S/c1-4-25-12-7-10(6-11(17)14(12)26-5-2)8-18-27(23,24)15-13(16(21)22)9(3)19-20-15/h6-7,18H,4-5,8H2,1-3H3,(H,19,20)(H,21,22). The van der Waals surface area contributed by atoms with E-state index in [1.807, 2.05) is 0 Å². The predicted octanol–water partition coefficient (Wildman–Crippen LogP) is 2.35. The van der Waals surface area contributed by atoms with Crippen molar-refractivity contribution in [1.82, 2.24) is 14.9 Å². The summed E-state index contributed by atoms with van der Waals surface area (Å²) in [6.07, 6.45) is 0. The Balaban J connectivity index is 2.29. The quantitative estimate of drug-likeness (QED) is 0.570. The number of benzene rings is 1. The Morgan fingerprint density at radius 2 is 1.96 bits per heavy atom. The number of carboxylic acid groups (broad SMARTS) is 1. The third kappa shape index (κ3) is 4.71. The van der Waals surface area contributed by atoms with Crippen LogP contribution in [-0.4, -0.2) is 42.9 Å². The number of nitrogens with one attached hydrogen (secondary N) is 2. The molecule has 0 unspecified atom stereocenters. The summed E-state index contributed by atoms with van der Waals surface area (Å²) in [7, 11) is -4.16. The smallest absolute Gasteiger partial charge is 0.340 e. The van der Waals surface area contributed by atoms with Crippen LogP contribution in [-0.2, 0) is 16.6 Å². The first-order chi connectivity index (χ1) is 12.7. The number of nitrogens with zero attached hydrogens (tertiary/aromatic N) is 1. The van der Waals surface area contributed by atoms with E-state index >= 15 is 0 Å². The number of aryl methyl sites for hydroxylation is 1. The lowest BCUT2D eigenvalue weighted by Crippen LogP contribution is -2.25. The SMILES string of the molecule is CCOc1cc(CNS(=O)(=O)c2n[nH]c(C)c2C(=O)O)cc(Cl)c1OCC. The number of ether oxygens (including phenoxy) is 2. The minimum Gasteiger partial charge on any atom is -0.490 e. The lowest BCUT2D eigenvalue weighted by molar-refractivity contribution is 0.0692. The fourth-order valence-electron chi connectivity index (χ4n) is 2.37. The van der Waals surface area contributed by atoms with Crippen LogP contribution < -0.4 is 14.2 Å². The summed E-state index contributed by atoms with van der Waals surface area (Å²) in [5.41, 5.74) is 0.257. The largest absolute Gasteiger partial charge is 0.490 e. The first-order valence-corrected chi connectivity index (χ1v) is 9.93. The molecule has 0 spiro atoms. The Morgan fingerprint density at radius 3 is 2.56 bits per heavy atom. The van der Waals surface area contributed by atoms with Crippen molar-refractivity contribution in [3.63, 3.8) is 0 Å². The molecule has 3 N–H and O–H groups in total. The predicted molar refractivity (Wildman–Crippen MR) is 98.1 cm³/mol. The normalized spacial score (nSPS) is 11.4. The van der Waals surface area contributed by atoms with Gasteiger partial charge in [0.1, 0.15) is 5.56 Å². The average molecular weight is 418 g/mol. The molecule has 0 aliphatic rings. The van der Waals surface area contributed by atoms with Crippen molar-refractivity contribution in [3.05, 3.63) is 34.0 Å². The Morgan fingerprint density at radius 1 is 1.30 bits per heavy atom. The summed E-state index contributed by atoms with van der Waals surface area (Å²) < 4.78 is 38.2. The fourth-order valence-corrected chi connectivity index (χ4v) is 3.83. The maximum Gasteiger partial charge on any atom is 0.340 e. The average Bonchev–Trinajstić information content (AvgIpc) is 2.99. The van der Waals surface area contributed by atoms with Gasteiger partial charge in [-0.25, -0.2) is 17.9 Å². The van der Waals surface area contributed by atoms with Crippen LogP contribution in [0.25, 0.3) is 0 Å². The molecule has 0 bridgehead atoms. The molecule has 2 aromatic rings. The third-order valence-corrected chi connectivity index (χ3v) is 5.12. The van der Waals surface area contributed by atoms with Crippen LogP contribution in [0.3, 0.4) is 0 Å². The summed E-state index contributed by atoms with van der Waals surface area (Å²) in [5.74, 6) is -0.615. The maximum atomic E-state index is 12.5. The van der Waals surface area contributed by atoms with Gasteiger partial charge in [-0.15, -0.1) is 0 Å². The number of carboxylic acids is 1. The van der Waals surface area contributed by atoms with Crippen molar-refractivity contribution >= 4 is 27.6 Å². The van der Waals surface area contributed by atoms with Crippen LogP contribution in [0.5, 0.6) is 11.5 Å². The molecule has 2 rings (SSSR count). The van der Waals surface area contributed by atoms with Crippen molar-refractivity contribution in [3.8, 4) is 11.5 Å². The molecule has 9 nitrogen and oxygen atoms in total. The number of aromatic nitrogens is 2. The first kappa shape index (κ1) is 21.0. The zero-order valence-electron chi connectivity index (χ0n) is 15.0. The molecule has 0 radical (unpaired) electrons. The number of carbonyl (C=O) groups is 1. The van der Waals surface area contributed by atoms with Gasteiger partial charge in [0.2, 0.25) is 5.03 Å². The minimum atomic E-state index is -4.16. The van der Waals surface area contributed by atoms with Crippen LogP contribution in [0.2, 0.25) is 5.02 Å². The summed E-state index contributed by atoms with van der Waals surface area (Å²) in [6.45, 7) is 5.66. The van der Waals surface area contributed by atoms with Crippen LogP contribution >= 0.6 is 11.6 Å². The van der Waals surface area contributed by atoms with Gasteiger partial charge in [-0.1, -0.05) is 11.6 Å². The molecular weight excluding hydrogens is 398 g/mol. The number of hydrogen-bond acceptors (Lipinski definition) is 6. The van der Waals surface area contributed by atoms with Crippen LogP contribution in [0.4, 0.5) is 0 Å². The molecule has 1 heterocycles. The van der Waals surface area contributed by atoms with Gasteiger partial charge >= 0.3 is 5.97 Å². The second-order valence-electron chi connectivity index (χ2n) is 5.43. The summed E-state index contributed by atoms with van der Waals surface area (Å²) in [4.78, 5) is 11.3. The van der Waals surface area contributed by atoms with E-state index in [4.69, 9.17) is 21.1 Å². The Hall–Kier alpha value is -2.30. The topological polar surface area (TPSA) is 131 Å². The molecule has 148 valence electrons. The number of halogens is 1. The number of aromatic amines is 1. The third-order valence-electron chi connectivity index (χ3n) is 3.51. The lowest BCUT2D eigenvalue weighted by atomic mass is 10.2. The van der Waals surface area contributed by atoms with E-state index in [1.165, 1.54) is 6.92 Å². The van der Waals surface area contributed by atoms with E-state index in [0.29, 0.717) is 30.3 Å². The van der Waals surface area contributed by atoms with Crippen molar-refractivity contribution < 1.29 is 27.8 Å². The van der Waals surface area contributed by atoms with E-state index in [0.717, 1.165) is 0 Å². The van der Waals surface area contributed by atoms with E-state index in [-0.39, 0.29) is 17.3 Å². The molecule has 0 aliphatic carbocycles. The van der Waals surface area contributed by atoms with Crippen LogP contribution in [0.1, 0.15) is 35.5 Å². The summed E-state index contributed by atoms with van der Waals surface area (Å²) >= 11 is 6.21. The van der Waals surface area contributed by atoms with Crippen molar-refractivity contribution in [2.45, 2.75) is 32.3 Å². The number of aromatic carboxylic acids is 1. The molecule has 0 fully saturated rings. The highest BCUT2D eigenvalue weighted by Crippen LogP contribution is 2.36. The number of rotatable bonds is 9. The van der Waals surface area contributed by atoms with Gasteiger partial charge < -0.3 is 14.6 Å². The van der Waals surface area contributed by atoms with Gasteiger partial charge in [0.15, 0.2) is 11.5 Å². The molecule has 1 aromatic carbocycles. The highest BCUT2D eigenvalue weighted by atomic mass is 35.5. The first-order valence-electron chi connectivity index (χ1n) is 8.07. The zero-order chi connectivity index (χ0) is 20.2. The Bertz CT molecular complexity index is 942. The highest BCUT2D eigenvalue weighted by Gasteiger charge is 2.28. The molecule has 0 amide bonds. The number of sulfonamides is 1. The monoisotopic (exact) mass is 417 g/mol. The number of hydrogen-bond donors (Lipinski definition) is 3. The second kappa shape index (κ2) is 8.59. The Kier molecular flexibility index (Phi) is 6.68. The van der Waals surface area contributed by atoms with E-state index < -0.39 is 26.6 Å². The van der Waals surface area contributed by atoms with Gasteiger partial charge in [0, 0.05) is 12.2 Å². The molecule has 0 atom stereocenters. The fraction of sp³-hybridized carbons (Fsp3) is 0.375. The van der Waals surface area contributed by atoms with E-state index in [1.54, 1.807) is 26.0 Å². The van der Waals surface area contributed by atoms with Crippen molar-refractivity contribution in [1.29, 1.82) is 0 Å². The number of H-pyrrole nitrogens is 1. The summed E-state index contributed by atoms with van der Waals surface area (Å²) in [6, 6.07) is 3.16. The molecular formula is C16H20ClN3O6S. The maximum absolute atomic E-state index is 12.5. The molecule has 0 saturated carbocycles. The van der Waals surface area contributed by atoms with Crippen LogP contribution in [0.15, 0.2) is 17.2 Å².